The van der Waals surface area contributed by atoms with Gasteiger partial charge in [-0.2, -0.15) is 12.1 Å². The van der Waals surface area contributed by atoms with E-state index in [-0.39, 0.29) is 14.9 Å². The summed E-state index contributed by atoms with van der Waals surface area (Å²) in [6.45, 7) is 11.9. The summed E-state index contributed by atoms with van der Waals surface area (Å²) in [5.41, 5.74) is 5.85. The standard InChI is InChI=1S/2C13H15.2CH3.Si.Zr/c2*1-3-10-8-12-7-5-6-11(4-2)13(12)9-10;;;;/h2*5-9H,3-4H2,1-2H3;2*1H3;;/q4*-1;;. The van der Waals surface area contributed by atoms with E-state index in [0.717, 1.165) is 25.7 Å². The third kappa shape index (κ3) is 6.89. The predicted molar refractivity (Wildman–Crippen MR) is 135 cm³/mol. The van der Waals surface area contributed by atoms with Crippen LogP contribution in [0.4, 0.5) is 0 Å². The van der Waals surface area contributed by atoms with Crippen LogP contribution in [0, 0.1) is 14.9 Å². The van der Waals surface area contributed by atoms with E-state index in [1.807, 2.05) is 0 Å². The van der Waals surface area contributed by atoms with Gasteiger partial charge < -0.3 is 14.9 Å². The van der Waals surface area contributed by atoms with E-state index < -0.39 is 0 Å². The molecular weight excluding hydrogens is 456 g/mol. The summed E-state index contributed by atoms with van der Waals surface area (Å²) in [7, 11) is 0. The van der Waals surface area contributed by atoms with Crippen LogP contribution in [-0.2, 0) is 49.0 Å². The Morgan fingerprint density at radius 1 is 0.633 bits per heavy atom. The van der Waals surface area contributed by atoms with Gasteiger partial charge in [0.2, 0.25) is 0 Å². The molecule has 2 heteroatoms. The van der Waals surface area contributed by atoms with Crippen LogP contribution in [0.2, 0.25) is 0 Å². The number of hydrogen-bond acceptors (Lipinski definition) is 0. The first-order chi connectivity index (χ1) is 13.7. The molecule has 0 saturated heterocycles. The fourth-order valence-electron chi connectivity index (χ4n) is 3.75. The van der Waals surface area contributed by atoms with Gasteiger partial charge in [0, 0.05) is 0 Å². The first-order valence-electron chi connectivity index (χ1n) is 10.3. The van der Waals surface area contributed by atoms with Crippen molar-refractivity contribution in [2.24, 2.45) is 0 Å². The van der Waals surface area contributed by atoms with E-state index in [4.69, 9.17) is 0 Å². The van der Waals surface area contributed by atoms with Gasteiger partial charge in [0.1, 0.15) is 0 Å². The second-order valence-electron chi connectivity index (χ2n) is 6.98. The molecule has 4 aromatic carbocycles. The normalized spacial score (nSPS) is 9.57. The number of fused-ring (bicyclic) bond motifs is 2. The molecule has 0 nitrogen and oxygen atoms in total. The third-order valence-electron chi connectivity index (χ3n) is 5.38. The Balaban J connectivity index is 0.000000488. The molecule has 0 bridgehead atoms. The van der Waals surface area contributed by atoms with Gasteiger partial charge in [-0.1, -0.05) is 51.0 Å². The van der Waals surface area contributed by atoms with E-state index in [1.165, 1.54) is 67.1 Å². The first-order valence-corrected chi connectivity index (χ1v) is 14.5. The second-order valence-corrected chi connectivity index (χ2v) is 6.98. The molecule has 0 fully saturated rings. The van der Waals surface area contributed by atoms with E-state index in [9.17, 15) is 0 Å². The monoisotopic (exact) mass is 490 g/mol. The fourth-order valence-corrected chi connectivity index (χ4v) is 3.75. The molecule has 0 atom stereocenters. The quantitative estimate of drug-likeness (QED) is 0.201. The molecule has 0 N–H and O–H groups in total. The summed E-state index contributed by atoms with van der Waals surface area (Å²) in [5.74, 6) is 0. The molecular formula is C28H36SiZr-4. The molecule has 30 heavy (non-hydrogen) atoms. The molecule has 4 aromatic rings. The van der Waals surface area contributed by atoms with E-state index in [1.54, 1.807) is 0 Å². The van der Waals surface area contributed by atoms with Crippen molar-refractivity contribution in [3.05, 3.63) is 97.8 Å². The van der Waals surface area contributed by atoms with Crippen molar-refractivity contribution in [3.63, 3.8) is 0 Å². The van der Waals surface area contributed by atoms with Crippen molar-refractivity contribution in [1.82, 2.24) is 0 Å². The van der Waals surface area contributed by atoms with Crippen LogP contribution in [0.3, 0.4) is 0 Å². The van der Waals surface area contributed by atoms with Gasteiger partial charge in [-0.15, -0.1) is 69.1 Å². The second kappa shape index (κ2) is 14.7. The minimum atomic E-state index is 0. The fraction of sp³-hybridized carbons (Fsp3) is 0.286. The minimum absolute atomic E-state index is 0. The van der Waals surface area contributed by atoms with Crippen molar-refractivity contribution in [1.29, 1.82) is 0 Å². The molecule has 0 amide bonds. The average molecular weight is 492 g/mol. The topological polar surface area (TPSA) is 0 Å². The molecule has 0 spiro atoms. The molecule has 0 saturated carbocycles. The molecule has 160 valence electrons. The predicted octanol–water partition coefficient (Wildman–Crippen LogP) is 7.88. The number of benzene rings is 2. The van der Waals surface area contributed by atoms with E-state index in [0.29, 0.717) is 0 Å². The SMILES string of the molecule is CCc1cc2c(CC)cccc2[cH-]1.CCc1cc2c(CC)cccc2[cH-]1.[CH3-].[CH3-].[Si]=[Zr]. The van der Waals surface area contributed by atoms with Gasteiger partial charge in [-0.3, -0.25) is 0 Å². The Morgan fingerprint density at radius 3 is 1.30 bits per heavy atom. The zero-order valence-electron chi connectivity index (χ0n) is 19.6. The number of rotatable bonds is 4. The Bertz CT molecular complexity index is 924. The van der Waals surface area contributed by atoms with E-state index >= 15 is 0 Å². The maximum atomic E-state index is 3.06. The van der Waals surface area contributed by atoms with Gasteiger partial charge >= 0.3 is 30.2 Å². The third-order valence-corrected chi connectivity index (χ3v) is 5.38. The van der Waals surface area contributed by atoms with Crippen LogP contribution in [0.5, 0.6) is 0 Å². The van der Waals surface area contributed by atoms with E-state index in [2.05, 4.69) is 95.2 Å². The molecule has 0 heterocycles. The molecule has 0 unspecified atom stereocenters. The van der Waals surface area contributed by atoms with Crippen LogP contribution in [0.25, 0.3) is 21.5 Å². The van der Waals surface area contributed by atoms with Crippen LogP contribution in [0.15, 0.2) is 60.7 Å². The summed E-state index contributed by atoms with van der Waals surface area (Å²) in [4.78, 5) is 0. The maximum absolute atomic E-state index is 3.06. The van der Waals surface area contributed by atoms with Gasteiger partial charge in [0.05, 0.1) is 0 Å². The number of hydrogen-bond donors (Lipinski definition) is 0. The average Bonchev–Trinajstić information content (AvgIpc) is 3.38. The van der Waals surface area contributed by atoms with Crippen molar-refractivity contribution in [2.45, 2.75) is 53.4 Å². The van der Waals surface area contributed by atoms with Gasteiger partial charge in [-0.25, -0.2) is 0 Å². The van der Waals surface area contributed by atoms with Crippen molar-refractivity contribution in [3.8, 4) is 0 Å². The molecule has 0 aliphatic heterocycles. The van der Waals surface area contributed by atoms with Crippen molar-refractivity contribution >= 4 is 28.4 Å². The Morgan fingerprint density at radius 2 is 1.00 bits per heavy atom. The Hall–Kier alpha value is -1.24. The van der Waals surface area contributed by atoms with Gasteiger partial charge in [0.15, 0.2) is 0 Å². The molecule has 4 rings (SSSR count). The first kappa shape index (κ1) is 28.8. The summed E-state index contributed by atoms with van der Waals surface area (Å²) in [5, 5.41) is 5.69. The van der Waals surface area contributed by atoms with Crippen LogP contribution in [0.1, 0.15) is 49.9 Å². The van der Waals surface area contributed by atoms with Gasteiger partial charge in [-0.05, 0) is 25.7 Å². The summed E-state index contributed by atoms with van der Waals surface area (Å²) in [6, 6.07) is 22.4. The van der Waals surface area contributed by atoms with Crippen molar-refractivity contribution in [2.75, 3.05) is 0 Å². The van der Waals surface area contributed by atoms with Crippen LogP contribution < -0.4 is 0 Å². The summed E-state index contributed by atoms with van der Waals surface area (Å²) in [6.07, 6.45) is 4.53. The van der Waals surface area contributed by atoms with Crippen molar-refractivity contribution < 1.29 is 23.3 Å². The zero-order chi connectivity index (χ0) is 20.5. The number of aryl methyl sites for hydroxylation is 4. The Labute approximate surface area is 202 Å². The zero-order valence-corrected chi connectivity index (χ0v) is 23.1. The molecule has 2 radical (unpaired) electrons. The van der Waals surface area contributed by atoms with Crippen LogP contribution in [-0.4, -0.2) is 6.88 Å². The summed E-state index contributed by atoms with van der Waals surface area (Å²) >= 11 is 1.36. The molecule has 0 aliphatic rings. The Kier molecular flexibility index (Phi) is 14.1. The summed E-state index contributed by atoms with van der Waals surface area (Å²) < 4.78 is 0. The van der Waals surface area contributed by atoms with Crippen LogP contribution >= 0.6 is 0 Å². The van der Waals surface area contributed by atoms with Gasteiger partial charge in [0.25, 0.3) is 0 Å². The molecule has 0 aliphatic carbocycles. The molecule has 0 aromatic heterocycles.